The van der Waals surface area contributed by atoms with Gasteiger partial charge < -0.3 is 5.32 Å². The first-order chi connectivity index (χ1) is 9.28. The minimum Gasteiger partial charge on any atom is -0.381 e. The number of benzene rings is 2. The van der Waals surface area contributed by atoms with Crippen molar-refractivity contribution < 1.29 is 0 Å². The average Bonchev–Trinajstić information content (AvgIpc) is 2.44. The average molecular weight is 318 g/mol. The number of nitrogens with one attached hydrogen (secondary N) is 1. The summed E-state index contributed by atoms with van der Waals surface area (Å²) in [5.74, 6) is 0. The van der Waals surface area contributed by atoms with E-state index in [9.17, 15) is 0 Å². The third-order valence-corrected chi connectivity index (χ3v) is 3.65. The maximum atomic E-state index is 3.49. The van der Waals surface area contributed by atoms with Crippen molar-refractivity contribution in [3.05, 3.63) is 64.1 Å². The molecule has 0 amide bonds. The van der Waals surface area contributed by atoms with Crippen molar-refractivity contribution in [1.29, 1.82) is 0 Å². The van der Waals surface area contributed by atoms with Crippen molar-refractivity contribution in [3.8, 4) is 0 Å². The monoisotopic (exact) mass is 317 g/mol. The molecule has 0 radical (unpaired) electrons. The highest BCUT2D eigenvalue weighted by molar-refractivity contribution is 9.10. The number of anilines is 1. The summed E-state index contributed by atoms with van der Waals surface area (Å²) in [5.41, 5.74) is 3.89. The van der Waals surface area contributed by atoms with Crippen molar-refractivity contribution in [2.24, 2.45) is 0 Å². The second-order valence-electron chi connectivity index (χ2n) is 4.78. The second kappa shape index (κ2) is 7.34. The molecule has 0 atom stereocenters. The molecule has 0 aliphatic carbocycles. The van der Waals surface area contributed by atoms with Crippen LogP contribution in [0.2, 0.25) is 0 Å². The van der Waals surface area contributed by atoms with E-state index < -0.39 is 0 Å². The molecular weight excluding hydrogens is 298 g/mol. The van der Waals surface area contributed by atoms with Crippen LogP contribution < -0.4 is 5.32 Å². The summed E-state index contributed by atoms with van der Waals surface area (Å²) in [7, 11) is 0. The van der Waals surface area contributed by atoms with Gasteiger partial charge in [-0.25, -0.2) is 0 Å². The van der Waals surface area contributed by atoms with E-state index in [-0.39, 0.29) is 0 Å². The van der Waals surface area contributed by atoms with E-state index in [2.05, 4.69) is 70.6 Å². The number of unbranched alkanes of at least 4 members (excludes halogenated alkanes) is 1. The smallest absolute Gasteiger partial charge is 0.0401 e. The molecule has 0 aliphatic heterocycles. The van der Waals surface area contributed by atoms with Crippen LogP contribution in [0.4, 0.5) is 5.69 Å². The Bertz CT molecular complexity index is 505. The van der Waals surface area contributed by atoms with Crippen molar-refractivity contribution in [1.82, 2.24) is 0 Å². The van der Waals surface area contributed by atoms with E-state index >= 15 is 0 Å². The Kier molecular flexibility index (Phi) is 5.46. The van der Waals surface area contributed by atoms with Gasteiger partial charge in [-0.3, -0.25) is 0 Å². The van der Waals surface area contributed by atoms with Crippen molar-refractivity contribution in [3.63, 3.8) is 0 Å². The Balaban J connectivity index is 1.89. The summed E-state index contributed by atoms with van der Waals surface area (Å²) in [6, 6.07) is 17.2. The van der Waals surface area contributed by atoms with Gasteiger partial charge in [-0.15, -0.1) is 0 Å². The molecule has 0 aliphatic rings. The molecule has 1 nitrogen and oxygen atoms in total. The topological polar surface area (TPSA) is 12.0 Å². The van der Waals surface area contributed by atoms with Gasteiger partial charge >= 0.3 is 0 Å². The van der Waals surface area contributed by atoms with Crippen LogP contribution in [0.25, 0.3) is 0 Å². The third-order valence-electron chi connectivity index (χ3n) is 3.16. The highest BCUT2D eigenvalue weighted by Gasteiger charge is 1.96. The summed E-state index contributed by atoms with van der Waals surface area (Å²) >= 11 is 3.49. The third kappa shape index (κ3) is 4.71. The zero-order chi connectivity index (χ0) is 13.5. The Morgan fingerprint density at radius 2 is 1.79 bits per heavy atom. The van der Waals surface area contributed by atoms with Crippen LogP contribution in [0.5, 0.6) is 0 Å². The SMILES string of the molecule is CCCCc1ccc(NCc2cccc(Br)c2)cc1. The van der Waals surface area contributed by atoms with Gasteiger partial charge in [0.15, 0.2) is 0 Å². The number of halogens is 1. The lowest BCUT2D eigenvalue weighted by Crippen LogP contribution is -1.99. The van der Waals surface area contributed by atoms with Crippen LogP contribution in [0, 0.1) is 0 Å². The van der Waals surface area contributed by atoms with Gasteiger partial charge in [-0.05, 0) is 48.2 Å². The van der Waals surface area contributed by atoms with Crippen molar-refractivity contribution in [2.45, 2.75) is 32.7 Å². The normalized spacial score (nSPS) is 10.4. The van der Waals surface area contributed by atoms with E-state index in [1.165, 1.54) is 36.1 Å². The number of hydrogen-bond acceptors (Lipinski definition) is 1. The molecular formula is C17H20BrN. The predicted molar refractivity (Wildman–Crippen MR) is 86.5 cm³/mol. The first-order valence-electron chi connectivity index (χ1n) is 6.85. The molecule has 1 N–H and O–H groups in total. The van der Waals surface area contributed by atoms with Gasteiger partial charge in [0.25, 0.3) is 0 Å². The lowest BCUT2D eigenvalue weighted by Gasteiger charge is -2.08. The van der Waals surface area contributed by atoms with E-state index in [0.29, 0.717) is 0 Å². The Morgan fingerprint density at radius 1 is 1.00 bits per heavy atom. The number of hydrogen-bond donors (Lipinski definition) is 1. The van der Waals surface area contributed by atoms with Crippen LogP contribution in [0.3, 0.4) is 0 Å². The van der Waals surface area contributed by atoms with Crippen LogP contribution >= 0.6 is 15.9 Å². The summed E-state index contributed by atoms with van der Waals surface area (Å²) in [6.45, 7) is 3.08. The fraction of sp³-hybridized carbons (Fsp3) is 0.294. The molecule has 0 bridgehead atoms. The van der Waals surface area contributed by atoms with Crippen molar-refractivity contribution in [2.75, 3.05) is 5.32 Å². The van der Waals surface area contributed by atoms with Gasteiger partial charge in [0.2, 0.25) is 0 Å². The summed E-state index contributed by atoms with van der Waals surface area (Å²) < 4.78 is 1.13. The van der Waals surface area contributed by atoms with Gasteiger partial charge in [0.05, 0.1) is 0 Å². The largest absolute Gasteiger partial charge is 0.381 e. The highest BCUT2D eigenvalue weighted by Crippen LogP contribution is 2.15. The highest BCUT2D eigenvalue weighted by atomic mass is 79.9. The van der Waals surface area contributed by atoms with E-state index in [4.69, 9.17) is 0 Å². The maximum absolute atomic E-state index is 3.49. The summed E-state index contributed by atoms with van der Waals surface area (Å²) in [4.78, 5) is 0. The summed E-state index contributed by atoms with van der Waals surface area (Å²) in [6.07, 6.45) is 3.70. The van der Waals surface area contributed by atoms with Gasteiger partial charge in [-0.1, -0.05) is 53.5 Å². The van der Waals surface area contributed by atoms with E-state index in [0.717, 1.165) is 11.0 Å². The summed E-state index contributed by atoms with van der Waals surface area (Å²) in [5, 5.41) is 3.45. The predicted octanol–water partition coefficient (Wildman–Crippen LogP) is 5.40. The Morgan fingerprint density at radius 3 is 2.47 bits per heavy atom. The lowest BCUT2D eigenvalue weighted by atomic mass is 10.1. The van der Waals surface area contributed by atoms with Crippen LogP contribution in [-0.2, 0) is 13.0 Å². The van der Waals surface area contributed by atoms with Crippen LogP contribution in [0.15, 0.2) is 53.0 Å². The van der Waals surface area contributed by atoms with Gasteiger partial charge in [-0.2, -0.15) is 0 Å². The molecule has 2 rings (SSSR count). The molecule has 0 heterocycles. The molecule has 19 heavy (non-hydrogen) atoms. The fourth-order valence-corrected chi connectivity index (χ4v) is 2.47. The van der Waals surface area contributed by atoms with Gasteiger partial charge in [0.1, 0.15) is 0 Å². The first kappa shape index (κ1) is 14.1. The minimum atomic E-state index is 0.855. The second-order valence-corrected chi connectivity index (χ2v) is 5.70. The molecule has 100 valence electrons. The van der Waals surface area contributed by atoms with Crippen LogP contribution in [-0.4, -0.2) is 0 Å². The fourth-order valence-electron chi connectivity index (χ4n) is 2.02. The molecule has 0 saturated heterocycles. The number of aryl methyl sites for hydroxylation is 1. The lowest BCUT2D eigenvalue weighted by molar-refractivity contribution is 0.795. The maximum Gasteiger partial charge on any atom is 0.0401 e. The molecule has 0 aromatic heterocycles. The van der Waals surface area contributed by atoms with Crippen molar-refractivity contribution >= 4 is 21.6 Å². The minimum absolute atomic E-state index is 0.855. The molecule has 0 spiro atoms. The molecule has 0 saturated carbocycles. The zero-order valence-corrected chi connectivity index (χ0v) is 12.9. The zero-order valence-electron chi connectivity index (χ0n) is 11.3. The molecule has 2 aromatic rings. The number of rotatable bonds is 6. The molecule has 0 fully saturated rings. The first-order valence-corrected chi connectivity index (χ1v) is 7.64. The molecule has 0 unspecified atom stereocenters. The van der Waals surface area contributed by atoms with Crippen LogP contribution in [0.1, 0.15) is 30.9 Å². The van der Waals surface area contributed by atoms with E-state index in [1.54, 1.807) is 0 Å². The van der Waals surface area contributed by atoms with Gasteiger partial charge in [0, 0.05) is 16.7 Å². The van der Waals surface area contributed by atoms with E-state index in [1.807, 2.05) is 6.07 Å². The Labute approximate surface area is 124 Å². The standard InChI is InChI=1S/C17H20BrN/c1-2-3-5-14-8-10-17(11-9-14)19-13-15-6-4-7-16(18)12-15/h4,6-12,19H,2-3,5,13H2,1H3. The Hall–Kier alpha value is -1.28. The molecule has 2 heteroatoms. The molecule has 2 aromatic carbocycles. The quantitative estimate of drug-likeness (QED) is 0.751.